The summed E-state index contributed by atoms with van der Waals surface area (Å²) < 4.78 is 20.3. The number of aryl methyl sites for hydroxylation is 1. The number of nitrogens with zero attached hydrogens (tertiary/aromatic N) is 4. The molecule has 1 amide bonds. The Morgan fingerprint density at radius 3 is 2.83 bits per heavy atom. The van der Waals surface area contributed by atoms with Crippen molar-refractivity contribution in [2.45, 2.75) is 25.8 Å². The van der Waals surface area contributed by atoms with Gasteiger partial charge in [0.1, 0.15) is 11.6 Å². The average molecular weight is 489 g/mol. The second-order valence-electron chi connectivity index (χ2n) is 8.70. The lowest BCUT2D eigenvalue weighted by molar-refractivity contribution is 0.132. The van der Waals surface area contributed by atoms with Crippen LogP contribution in [-0.2, 0) is 0 Å². The number of ether oxygens (including phenoxy) is 1. The van der Waals surface area contributed by atoms with Crippen LogP contribution in [0.4, 0.5) is 20.8 Å². The van der Waals surface area contributed by atoms with Gasteiger partial charge in [0, 0.05) is 42.3 Å². The van der Waals surface area contributed by atoms with Crippen LogP contribution in [0.5, 0.6) is 11.6 Å². The van der Waals surface area contributed by atoms with Gasteiger partial charge in [-0.3, -0.25) is 0 Å². The van der Waals surface area contributed by atoms with E-state index in [1.807, 2.05) is 19.1 Å². The Hall–Kier alpha value is -4.47. The maximum atomic E-state index is 14.0. The number of aromatic nitrogens is 3. The molecule has 0 radical (unpaired) electrons. The molecule has 5 rings (SSSR count). The highest BCUT2D eigenvalue weighted by Crippen LogP contribution is 2.38. The minimum absolute atomic E-state index is 0.0642. The van der Waals surface area contributed by atoms with Gasteiger partial charge in [-0.2, -0.15) is 0 Å². The normalized spacial score (nSPS) is 15.6. The van der Waals surface area contributed by atoms with Crippen molar-refractivity contribution in [1.29, 1.82) is 0 Å². The minimum Gasteiger partial charge on any atom is -0.465 e. The van der Waals surface area contributed by atoms with Gasteiger partial charge in [-0.15, -0.1) is 0 Å². The quantitative estimate of drug-likeness (QED) is 0.333. The molecule has 1 atom stereocenters. The fourth-order valence-electron chi connectivity index (χ4n) is 4.41. The molecule has 1 fully saturated rings. The summed E-state index contributed by atoms with van der Waals surface area (Å²) >= 11 is 0. The van der Waals surface area contributed by atoms with Gasteiger partial charge in [-0.25, -0.2) is 24.1 Å². The average Bonchev–Trinajstić information content (AvgIpc) is 2.88. The smallest absolute Gasteiger partial charge is 0.407 e. The van der Waals surface area contributed by atoms with Crippen molar-refractivity contribution in [2.75, 3.05) is 24.1 Å². The van der Waals surface area contributed by atoms with E-state index in [2.05, 4.69) is 20.3 Å². The number of halogens is 1. The van der Waals surface area contributed by atoms with Crippen LogP contribution >= 0.6 is 0 Å². The molecule has 2 aromatic carbocycles. The molecule has 4 N–H and O–H groups in total. The number of hydrogen-bond acceptors (Lipinski definition) is 7. The number of hydrogen-bond donors (Lipinski definition) is 3. The Kier molecular flexibility index (Phi) is 6.24. The van der Waals surface area contributed by atoms with Gasteiger partial charge in [-0.1, -0.05) is 12.1 Å². The Morgan fingerprint density at radius 1 is 1.17 bits per heavy atom. The van der Waals surface area contributed by atoms with E-state index in [9.17, 15) is 14.3 Å². The number of amides is 1. The van der Waals surface area contributed by atoms with Crippen molar-refractivity contribution in [1.82, 2.24) is 19.9 Å². The number of piperidine rings is 1. The first-order valence-corrected chi connectivity index (χ1v) is 11.6. The van der Waals surface area contributed by atoms with Gasteiger partial charge >= 0.3 is 6.09 Å². The van der Waals surface area contributed by atoms with Crippen LogP contribution in [0.1, 0.15) is 18.4 Å². The SMILES string of the molecule is Cc1ccc2c(N)c(F)ccc2c1Oc1ncccc1-c1ccnc(NC2CCCN(C(=O)O)C2)n1. The van der Waals surface area contributed by atoms with E-state index in [1.54, 1.807) is 36.7 Å². The minimum atomic E-state index is -0.929. The Morgan fingerprint density at radius 2 is 2.00 bits per heavy atom. The number of carbonyl (C=O) groups is 1. The van der Waals surface area contributed by atoms with Crippen molar-refractivity contribution in [3.63, 3.8) is 0 Å². The van der Waals surface area contributed by atoms with Crippen molar-refractivity contribution < 1.29 is 19.0 Å². The molecule has 1 aliphatic rings. The van der Waals surface area contributed by atoms with Crippen LogP contribution in [0, 0.1) is 12.7 Å². The summed E-state index contributed by atoms with van der Waals surface area (Å²) in [6.07, 6.45) is 3.91. The molecule has 2 aromatic heterocycles. The van der Waals surface area contributed by atoms with Crippen molar-refractivity contribution in [2.24, 2.45) is 0 Å². The first-order chi connectivity index (χ1) is 17.4. The molecule has 4 aromatic rings. The molecule has 1 aliphatic heterocycles. The lowest BCUT2D eigenvalue weighted by Gasteiger charge is -2.31. The lowest BCUT2D eigenvalue weighted by Crippen LogP contribution is -2.44. The fourth-order valence-corrected chi connectivity index (χ4v) is 4.41. The third-order valence-electron chi connectivity index (χ3n) is 6.26. The second-order valence-corrected chi connectivity index (χ2v) is 8.70. The Bertz CT molecular complexity index is 1450. The fraction of sp³-hybridized carbons (Fsp3) is 0.231. The number of benzene rings is 2. The highest BCUT2D eigenvalue weighted by atomic mass is 19.1. The van der Waals surface area contributed by atoms with E-state index in [1.165, 1.54) is 11.0 Å². The molecule has 0 saturated carbocycles. The molecule has 9 nitrogen and oxygen atoms in total. The largest absolute Gasteiger partial charge is 0.465 e. The second kappa shape index (κ2) is 9.65. The molecule has 0 bridgehead atoms. The highest BCUT2D eigenvalue weighted by molar-refractivity contribution is 5.98. The summed E-state index contributed by atoms with van der Waals surface area (Å²) in [5, 5.41) is 13.8. The van der Waals surface area contributed by atoms with Crippen LogP contribution in [-0.4, -0.2) is 50.2 Å². The summed E-state index contributed by atoms with van der Waals surface area (Å²) in [6, 6.07) is 11.9. The first kappa shape index (κ1) is 23.3. The van der Waals surface area contributed by atoms with Crippen molar-refractivity contribution in [3.8, 4) is 22.9 Å². The van der Waals surface area contributed by atoms with Crippen LogP contribution in [0.15, 0.2) is 54.9 Å². The number of nitrogens with two attached hydrogens (primary N) is 1. The van der Waals surface area contributed by atoms with E-state index in [0.717, 1.165) is 18.4 Å². The van der Waals surface area contributed by atoms with E-state index in [-0.39, 0.29) is 11.7 Å². The first-order valence-electron chi connectivity index (χ1n) is 11.6. The zero-order valence-corrected chi connectivity index (χ0v) is 19.6. The summed E-state index contributed by atoms with van der Waals surface area (Å²) in [6.45, 7) is 2.79. The molecule has 0 spiro atoms. The third-order valence-corrected chi connectivity index (χ3v) is 6.26. The summed E-state index contributed by atoms with van der Waals surface area (Å²) in [4.78, 5) is 26.1. The highest BCUT2D eigenvalue weighted by Gasteiger charge is 2.24. The number of likely N-dealkylation sites (tertiary alicyclic amines) is 1. The van der Waals surface area contributed by atoms with Gasteiger partial charge in [0.05, 0.1) is 16.9 Å². The van der Waals surface area contributed by atoms with Crippen LogP contribution in [0.25, 0.3) is 22.0 Å². The molecule has 1 unspecified atom stereocenters. The zero-order chi connectivity index (χ0) is 25.2. The Balaban J connectivity index is 1.46. The predicted molar refractivity (Wildman–Crippen MR) is 135 cm³/mol. The van der Waals surface area contributed by atoms with Crippen molar-refractivity contribution >= 4 is 28.5 Å². The van der Waals surface area contributed by atoms with Gasteiger partial charge in [0.2, 0.25) is 11.8 Å². The van der Waals surface area contributed by atoms with E-state index >= 15 is 0 Å². The summed E-state index contributed by atoms with van der Waals surface area (Å²) in [5.41, 5.74) is 8.10. The molecule has 0 aliphatic carbocycles. The molecule has 36 heavy (non-hydrogen) atoms. The lowest BCUT2D eigenvalue weighted by atomic mass is 10.0. The number of fused-ring (bicyclic) bond motifs is 1. The number of anilines is 2. The monoisotopic (exact) mass is 488 g/mol. The standard InChI is InChI=1S/C26H25FN6O3/c1-15-6-7-17-18(8-9-20(27)22(17)28)23(15)36-24-19(5-2-11-29-24)21-10-12-30-25(32-21)31-16-4-3-13-33(14-16)26(34)35/h2,5-12,16H,3-4,13-14,28H2,1H3,(H,34,35)(H,30,31,32). The predicted octanol–water partition coefficient (Wildman–Crippen LogP) is 5.07. The van der Waals surface area contributed by atoms with E-state index in [4.69, 9.17) is 10.5 Å². The van der Waals surface area contributed by atoms with Crippen molar-refractivity contribution in [3.05, 3.63) is 66.2 Å². The number of nitrogens with one attached hydrogen (secondary N) is 1. The third kappa shape index (κ3) is 4.57. The van der Waals surface area contributed by atoms with E-state index < -0.39 is 11.9 Å². The molecular weight excluding hydrogens is 463 g/mol. The number of pyridine rings is 1. The van der Waals surface area contributed by atoms with Crippen LogP contribution in [0.3, 0.4) is 0 Å². The maximum absolute atomic E-state index is 14.0. The zero-order valence-electron chi connectivity index (χ0n) is 19.6. The van der Waals surface area contributed by atoms with Gasteiger partial charge in [0.15, 0.2) is 0 Å². The molecule has 1 saturated heterocycles. The number of rotatable bonds is 5. The van der Waals surface area contributed by atoms with Gasteiger partial charge in [0.25, 0.3) is 0 Å². The van der Waals surface area contributed by atoms with Gasteiger partial charge < -0.3 is 25.8 Å². The van der Waals surface area contributed by atoms with Crippen LogP contribution < -0.4 is 15.8 Å². The number of nitrogen functional groups attached to an aromatic ring is 1. The summed E-state index contributed by atoms with van der Waals surface area (Å²) in [5.74, 6) is 0.767. The molecule has 3 heterocycles. The maximum Gasteiger partial charge on any atom is 0.407 e. The molecular formula is C26H25FN6O3. The number of carboxylic acid groups (broad SMARTS) is 1. The van der Waals surface area contributed by atoms with E-state index in [0.29, 0.717) is 52.7 Å². The Labute approximate surface area is 206 Å². The summed E-state index contributed by atoms with van der Waals surface area (Å²) in [7, 11) is 0. The van der Waals surface area contributed by atoms with Gasteiger partial charge in [-0.05, 0) is 55.7 Å². The van der Waals surface area contributed by atoms with Crippen LogP contribution in [0.2, 0.25) is 0 Å². The molecule has 184 valence electrons. The topological polar surface area (TPSA) is 126 Å². The molecule has 10 heteroatoms.